The van der Waals surface area contributed by atoms with Crippen LogP contribution in [0.25, 0.3) is 5.57 Å². The van der Waals surface area contributed by atoms with Crippen LogP contribution in [0.5, 0.6) is 5.88 Å². The van der Waals surface area contributed by atoms with Crippen molar-refractivity contribution in [1.29, 1.82) is 0 Å². The first-order chi connectivity index (χ1) is 23.2. The van der Waals surface area contributed by atoms with Crippen LogP contribution in [0.1, 0.15) is 95.1 Å². The fourth-order valence-corrected chi connectivity index (χ4v) is 17.4. The van der Waals surface area contributed by atoms with Gasteiger partial charge in [0.05, 0.1) is 25.0 Å². The molecule has 0 saturated carbocycles. The summed E-state index contributed by atoms with van der Waals surface area (Å²) in [5.41, 5.74) is -0.873. The van der Waals surface area contributed by atoms with E-state index in [1.165, 1.54) is 12.3 Å². The lowest BCUT2D eigenvalue weighted by atomic mass is 9.97. The number of ether oxygens (including phenoxy) is 2. The predicted molar refractivity (Wildman–Crippen MR) is 198 cm³/mol. The zero-order valence-electron chi connectivity index (χ0n) is 32.1. The Morgan fingerprint density at radius 1 is 0.961 bits per heavy atom. The molecule has 0 bridgehead atoms. The van der Waals surface area contributed by atoms with Crippen LogP contribution in [0.15, 0.2) is 35.1 Å². The normalized spacial score (nSPS) is 18.8. The van der Waals surface area contributed by atoms with Gasteiger partial charge in [-0.2, -0.15) is 0 Å². The lowest BCUT2D eigenvalue weighted by molar-refractivity contribution is -0.130. The second kappa shape index (κ2) is 14.1. The lowest BCUT2D eigenvalue weighted by Crippen LogP contribution is -2.49. The summed E-state index contributed by atoms with van der Waals surface area (Å²) in [5, 5.41) is 0.775. The van der Waals surface area contributed by atoms with Crippen molar-refractivity contribution in [3.05, 3.63) is 47.7 Å². The van der Waals surface area contributed by atoms with Crippen LogP contribution < -0.4 is 9.64 Å². The topological polar surface area (TPSA) is 119 Å². The van der Waals surface area contributed by atoms with Gasteiger partial charge in [0, 0.05) is 51.5 Å². The van der Waals surface area contributed by atoms with Crippen LogP contribution in [0.4, 0.5) is 19.3 Å². The van der Waals surface area contributed by atoms with E-state index in [-0.39, 0.29) is 61.9 Å². The Bertz CT molecular complexity index is 1690. The number of cyclic esters (lactones) is 1. The fourth-order valence-electron chi connectivity index (χ4n) is 7.69. The molecule has 2 aromatic rings. The Morgan fingerprint density at radius 3 is 1.98 bits per heavy atom. The van der Waals surface area contributed by atoms with Crippen molar-refractivity contribution in [2.24, 2.45) is 0 Å². The molecule has 4 rings (SSSR count). The first kappa shape index (κ1) is 40.8. The third kappa shape index (κ3) is 7.88. The maximum absolute atomic E-state index is 15.7. The highest BCUT2D eigenvalue weighted by Crippen LogP contribution is 2.75. The summed E-state index contributed by atoms with van der Waals surface area (Å²) in [6, 6.07) is 3.68. The SMILES string of the molecule is CC(C)(C)P(=O)(C[C@H](C(=O)N1CC=C(c2c(F)cc(N3C[C@H](COc4ccon4)OC3=O)cc2F)CC1)P(=O)(C(C)(C)C)C(C)(C)C)C(C)(C)C. The van der Waals surface area contributed by atoms with E-state index in [9.17, 15) is 9.59 Å². The van der Waals surface area contributed by atoms with Gasteiger partial charge < -0.3 is 28.0 Å². The molecule has 1 aromatic carbocycles. The number of anilines is 1. The van der Waals surface area contributed by atoms with Crippen molar-refractivity contribution >= 4 is 37.5 Å². The van der Waals surface area contributed by atoms with Gasteiger partial charge in [-0.25, -0.2) is 13.6 Å². The summed E-state index contributed by atoms with van der Waals surface area (Å²) in [6.45, 7) is 23.0. The number of hydrogen-bond acceptors (Lipinski definition) is 8. The Balaban J connectivity index is 1.61. The molecule has 0 radical (unpaired) electrons. The number of hydrogen-bond donors (Lipinski definition) is 0. The highest BCUT2D eigenvalue weighted by molar-refractivity contribution is 7.72. The summed E-state index contributed by atoms with van der Waals surface area (Å²) in [6.07, 6.45) is 1.63. The van der Waals surface area contributed by atoms with Crippen LogP contribution in [-0.4, -0.2) is 86.8 Å². The summed E-state index contributed by atoms with van der Waals surface area (Å²) in [4.78, 5) is 30.0. The van der Waals surface area contributed by atoms with Crippen LogP contribution in [0.3, 0.4) is 0 Å². The van der Waals surface area contributed by atoms with Gasteiger partial charge in [-0.3, -0.25) is 9.69 Å². The summed E-state index contributed by atoms with van der Waals surface area (Å²) < 4.78 is 77.4. The molecule has 1 aromatic heterocycles. The number of carbonyl (C=O) groups is 2. The minimum Gasteiger partial charge on any atom is -0.471 e. The van der Waals surface area contributed by atoms with Gasteiger partial charge in [0.1, 0.15) is 31.6 Å². The van der Waals surface area contributed by atoms with E-state index in [1.807, 2.05) is 83.1 Å². The monoisotopic (exact) mass is 753 g/mol. The minimum atomic E-state index is -3.45. The number of amides is 2. The van der Waals surface area contributed by atoms with Gasteiger partial charge in [0.2, 0.25) is 5.91 Å². The predicted octanol–water partition coefficient (Wildman–Crippen LogP) is 9.26. The molecule has 14 heteroatoms. The van der Waals surface area contributed by atoms with Crippen molar-refractivity contribution in [2.75, 3.05) is 37.3 Å². The Hall–Kier alpha value is -2.97. The van der Waals surface area contributed by atoms with Crippen molar-refractivity contribution in [3.63, 3.8) is 0 Å². The molecular weight excluding hydrogens is 698 g/mol. The molecule has 2 atom stereocenters. The molecule has 3 heterocycles. The van der Waals surface area contributed by atoms with Crippen molar-refractivity contribution in [2.45, 2.75) is 122 Å². The fraction of sp³-hybridized carbons (Fsp3) is 0.649. The van der Waals surface area contributed by atoms with Crippen LogP contribution in [0, 0.1) is 11.6 Å². The van der Waals surface area contributed by atoms with Crippen molar-refractivity contribution in [1.82, 2.24) is 10.1 Å². The van der Waals surface area contributed by atoms with Crippen LogP contribution >= 0.6 is 14.3 Å². The van der Waals surface area contributed by atoms with Gasteiger partial charge in [0.15, 0.2) is 6.10 Å². The van der Waals surface area contributed by atoms with E-state index in [1.54, 1.807) is 11.0 Å². The molecule has 0 aliphatic carbocycles. The van der Waals surface area contributed by atoms with Crippen molar-refractivity contribution < 1.29 is 41.5 Å². The molecule has 0 unspecified atom stereocenters. The molecular formula is C37H55F2N3O7P2. The standard InChI is InChI=1S/C37H55F2N3O7P2/c1-34(2,3)50(45,35(4,5)6)23-29(51(46,36(7,8)9)37(10,11)12)32(43)41-16-13-24(14-17-41)31-27(38)19-25(20-28(31)39)42-21-26(49-33(42)44)22-47-30-15-18-48-40-30/h13,15,18-20,26,29H,14,16-17,21-23H2,1-12H3/t26-,29-/m1/s1. The number of carbonyl (C=O) groups excluding carboxylic acids is 2. The smallest absolute Gasteiger partial charge is 0.414 e. The Kier molecular flexibility index (Phi) is 11.3. The molecule has 2 aliphatic rings. The van der Waals surface area contributed by atoms with Gasteiger partial charge >= 0.3 is 6.09 Å². The quantitative estimate of drug-likeness (QED) is 0.233. The number of halogens is 2. The highest BCUT2D eigenvalue weighted by atomic mass is 31.2. The number of nitrogens with zero attached hydrogens (tertiary/aromatic N) is 3. The largest absolute Gasteiger partial charge is 0.471 e. The van der Waals surface area contributed by atoms with Crippen molar-refractivity contribution in [3.8, 4) is 5.88 Å². The molecule has 1 saturated heterocycles. The molecule has 2 amide bonds. The molecule has 0 N–H and O–H groups in total. The van der Waals surface area contributed by atoms with Gasteiger partial charge in [-0.1, -0.05) is 89.2 Å². The van der Waals surface area contributed by atoms with E-state index >= 15 is 17.9 Å². The molecule has 0 spiro atoms. The van der Waals surface area contributed by atoms with Crippen LogP contribution in [0.2, 0.25) is 0 Å². The first-order valence-corrected chi connectivity index (χ1v) is 21.1. The molecule has 1 fully saturated rings. The minimum absolute atomic E-state index is 0.000908. The van der Waals surface area contributed by atoms with Gasteiger partial charge in [-0.15, -0.1) is 0 Å². The molecule has 284 valence electrons. The number of benzene rings is 1. The summed E-state index contributed by atoms with van der Waals surface area (Å²) in [7, 11) is -6.63. The van der Waals surface area contributed by atoms with Gasteiger partial charge in [-0.05, 0) is 29.3 Å². The van der Waals surface area contributed by atoms with E-state index in [4.69, 9.17) is 14.0 Å². The number of aromatic nitrogens is 1. The second-order valence-corrected chi connectivity index (χ2v) is 26.7. The Labute approximate surface area is 301 Å². The van der Waals surface area contributed by atoms with E-state index in [0.717, 1.165) is 17.0 Å². The first-order valence-electron chi connectivity index (χ1n) is 17.4. The zero-order valence-corrected chi connectivity index (χ0v) is 33.9. The second-order valence-electron chi connectivity index (χ2n) is 17.6. The highest BCUT2D eigenvalue weighted by Gasteiger charge is 2.59. The van der Waals surface area contributed by atoms with E-state index < -0.39 is 64.4 Å². The third-order valence-corrected chi connectivity index (χ3v) is 21.0. The van der Waals surface area contributed by atoms with E-state index in [0.29, 0.717) is 5.57 Å². The third-order valence-electron chi connectivity index (χ3n) is 10.2. The van der Waals surface area contributed by atoms with E-state index in [2.05, 4.69) is 5.16 Å². The maximum Gasteiger partial charge on any atom is 0.414 e. The summed E-state index contributed by atoms with van der Waals surface area (Å²) in [5.74, 6) is -1.84. The van der Waals surface area contributed by atoms with Crippen LogP contribution in [-0.2, 0) is 18.7 Å². The summed E-state index contributed by atoms with van der Waals surface area (Å²) >= 11 is 0. The average Bonchev–Trinajstić information content (AvgIpc) is 3.65. The van der Waals surface area contributed by atoms with Gasteiger partial charge in [0.25, 0.3) is 5.88 Å². The maximum atomic E-state index is 15.7. The zero-order chi connectivity index (χ0) is 38.5. The lowest BCUT2D eigenvalue weighted by Gasteiger charge is -2.50. The molecule has 10 nitrogen and oxygen atoms in total. The Morgan fingerprint density at radius 2 is 1.53 bits per heavy atom. The molecule has 2 aliphatic heterocycles. The molecule has 51 heavy (non-hydrogen) atoms. The number of rotatable bonds is 9. The average molecular weight is 754 g/mol.